The molecule has 1 aliphatic carbocycles. The second kappa shape index (κ2) is 11.2. The van der Waals surface area contributed by atoms with E-state index in [1.165, 1.54) is 25.1 Å². The largest absolute Gasteiger partial charge is 0.392 e. The predicted molar refractivity (Wildman–Crippen MR) is 131 cm³/mol. The molecule has 4 rings (SSSR count). The van der Waals surface area contributed by atoms with E-state index in [9.17, 15) is 13.6 Å². The number of urea groups is 1. The molecule has 1 aromatic heterocycles. The Bertz CT molecular complexity index is 1060. The molecule has 0 bridgehead atoms. The van der Waals surface area contributed by atoms with Gasteiger partial charge in [0.25, 0.3) is 0 Å². The van der Waals surface area contributed by atoms with Crippen LogP contribution in [0, 0.1) is 11.6 Å². The molecule has 2 aromatic rings. The van der Waals surface area contributed by atoms with E-state index in [0.29, 0.717) is 42.2 Å². The van der Waals surface area contributed by atoms with Crippen molar-refractivity contribution in [2.75, 3.05) is 37.4 Å². The highest BCUT2D eigenvalue weighted by molar-refractivity contribution is 6.30. The molecule has 0 spiro atoms. The molecule has 2 amide bonds. The summed E-state index contributed by atoms with van der Waals surface area (Å²) in [6.07, 6.45) is 7.49. The second-order valence-electron chi connectivity index (χ2n) is 9.10. The van der Waals surface area contributed by atoms with Crippen LogP contribution in [0.4, 0.5) is 25.2 Å². The maximum atomic E-state index is 14.7. The number of anilines is 2. The predicted octanol–water partition coefficient (Wildman–Crippen LogP) is 5.20. The zero-order valence-corrected chi connectivity index (χ0v) is 20.6. The van der Waals surface area contributed by atoms with Crippen molar-refractivity contribution in [2.45, 2.75) is 50.5 Å². The van der Waals surface area contributed by atoms with Crippen LogP contribution in [0.5, 0.6) is 0 Å². The Morgan fingerprint density at radius 3 is 2.40 bits per heavy atom. The number of piperidine rings is 1. The number of nitrogens with one attached hydrogen (secondary N) is 1. The van der Waals surface area contributed by atoms with Gasteiger partial charge < -0.3 is 20.0 Å². The van der Waals surface area contributed by atoms with Gasteiger partial charge in [-0.2, -0.15) is 0 Å². The Labute approximate surface area is 208 Å². The van der Waals surface area contributed by atoms with Gasteiger partial charge in [-0.15, -0.1) is 0 Å². The zero-order chi connectivity index (χ0) is 24.9. The fraction of sp³-hybridized carbons (Fsp3) is 0.500. The minimum Gasteiger partial charge on any atom is -0.392 e. The Balaban J connectivity index is 1.26. The lowest BCUT2D eigenvalue weighted by atomic mass is 9.83. The molecule has 2 fully saturated rings. The van der Waals surface area contributed by atoms with Gasteiger partial charge in [-0.3, -0.25) is 0 Å². The van der Waals surface area contributed by atoms with Gasteiger partial charge in [0, 0.05) is 46.1 Å². The molecule has 1 saturated carbocycles. The summed E-state index contributed by atoms with van der Waals surface area (Å²) < 4.78 is 29.2. The molecule has 35 heavy (non-hydrogen) atoms. The van der Waals surface area contributed by atoms with Crippen LogP contribution < -0.4 is 10.2 Å². The maximum absolute atomic E-state index is 14.7. The maximum Gasteiger partial charge on any atom is 0.321 e. The Hall–Kier alpha value is -3.01. The van der Waals surface area contributed by atoms with Crippen molar-refractivity contribution < 1.29 is 18.4 Å². The first-order chi connectivity index (χ1) is 16.8. The Morgan fingerprint density at radius 2 is 1.77 bits per heavy atom. The van der Waals surface area contributed by atoms with Crippen molar-refractivity contribution in [3.8, 4) is 0 Å². The summed E-state index contributed by atoms with van der Waals surface area (Å²) in [4.78, 5) is 29.4. The number of benzene rings is 1. The fourth-order valence-electron chi connectivity index (χ4n) is 4.33. The van der Waals surface area contributed by atoms with Gasteiger partial charge >= 0.3 is 6.03 Å². The number of hydrogen-bond acceptors (Lipinski definition) is 6. The van der Waals surface area contributed by atoms with Gasteiger partial charge in [-0.25, -0.2) is 23.5 Å². The van der Waals surface area contributed by atoms with Crippen molar-refractivity contribution in [1.82, 2.24) is 14.9 Å². The summed E-state index contributed by atoms with van der Waals surface area (Å²) in [6.45, 7) is 1.55. The van der Waals surface area contributed by atoms with Gasteiger partial charge in [-0.05, 0) is 43.2 Å². The molecule has 8 nitrogen and oxygen atoms in total. The quantitative estimate of drug-likeness (QED) is 0.563. The third-order valence-corrected chi connectivity index (χ3v) is 6.59. The number of halogens is 3. The van der Waals surface area contributed by atoms with Crippen LogP contribution in [-0.4, -0.2) is 59.9 Å². The Kier molecular flexibility index (Phi) is 8.00. The molecule has 1 aliphatic heterocycles. The second-order valence-corrected chi connectivity index (χ2v) is 9.54. The molecule has 188 valence electrons. The van der Waals surface area contributed by atoms with Gasteiger partial charge in [0.15, 0.2) is 0 Å². The molecule has 2 aliphatic rings. The minimum absolute atomic E-state index is 0.0280. The summed E-state index contributed by atoms with van der Waals surface area (Å²) in [7, 11) is 3.06. The molecular formula is C24H29ClF2N6O2. The number of carbonyl (C=O) groups is 1. The fourth-order valence-corrected chi connectivity index (χ4v) is 4.43. The molecule has 1 N–H and O–H groups in total. The number of oxime groups is 1. The van der Waals surface area contributed by atoms with Crippen LogP contribution in [0.2, 0.25) is 5.02 Å². The third-order valence-electron chi connectivity index (χ3n) is 6.40. The normalized spacial score (nSPS) is 18.8. The molecule has 0 radical (unpaired) electrons. The lowest BCUT2D eigenvalue weighted by molar-refractivity contribution is 0.0406. The standard InChI is InChI=1S/C24H29ClF2N6O2/c1-32(2)24(34)30-22-12-20(26)19(11-21(22)27)15-3-5-17(6-4-15)31-35-18-7-9-33(10-8-18)23-28-13-16(25)14-29-23/h11-15,18H,3-10H2,1-2H3,(H,30,34). The van der Waals surface area contributed by atoms with Gasteiger partial charge in [-0.1, -0.05) is 16.8 Å². The number of aromatic nitrogens is 2. The summed E-state index contributed by atoms with van der Waals surface area (Å²) in [5.41, 5.74) is 1.12. The lowest BCUT2D eigenvalue weighted by Crippen LogP contribution is -2.37. The number of carbonyl (C=O) groups excluding carboxylic acids is 1. The molecule has 1 saturated heterocycles. The topological polar surface area (TPSA) is 83.0 Å². The minimum atomic E-state index is -0.644. The van der Waals surface area contributed by atoms with Crippen LogP contribution in [0.15, 0.2) is 29.7 Å². The van der Waals surface area contributed by atoms with Gasteiger partial charge in [0.2, 0.25) is 5.95 Å². The average molecular weight is 507 g/mol. The summed E-state index contributed by atoms with van der Waals surface area (Å²) in [5, 5.41) is 7.26. The van der Waals surface area contributed by atoms with Gasteiger partial charge in [0.05, 0.1) is 28.8 Å². The van der Waals surface area contributed by atoms with E-state index in [-0.39, 0.29) is 17.7 Å². The van der Waals surface area contributed by atoms with E-state index in [2.05, 4.69) is 25.3 Å². The van der Waals surface area contributed by atoms with Crippen molar-refractivity contribution >= 4 is 35.0 Å². The molecule has 0 atom stereocenters. The monoisotopic (exact) mass is 506 g/mol. The van der Waals surface area contributed by atoms with E-state index < -0.39 is 17.7 Å². The van der Waals surface area contributed by atoms with Crippen molar-refractivity contribution in [3.05, 3.63) is 46.7 Å². The number of nitrogens with zero attached hydrogens (tertiary/aromatic N) is 5. The highest BCUT2D eigenvalue weighted by Gasteiger charge is 2.26. The first-order valence-corrected chi connectivity index (χ1v) is 12.1. The van der Waals surface area contributed by atoms with E-state index in [1.54, 1.807) is 12.4 Å². The van der Waals surface area contributed by atoms with E-state index in [0.717, 1.165) is 37.7 Å². The van der Waals surface area contributed by atoms with E-state index in [4.69, 9.17) is 16.4 Å². The molecule has 11 heteroatoms. The average Bonchev–Trinajstić information content (AvgIpc) is 2.86. The molecule has 2 heterocycles. The SMILES string of the molecule is CN(C)C(=O)Nc1cc(F)c(C2CCC(=NOC3CCN(c4ncc(Cl)cn4)CC3)CC2)cc1F. The first-order valence-electron chi connectivity index (χ1n) is 11.7. The Morgan fingerprint density at radius 1 is 1.11 bits per heavy atom. The number of amides is 2. The van der Waals surface area contributed by atoms with E-state index in [1.807, 2.05) is 0 Å². The van der Waals surface area contributed by atoms with Crippen LogP contribution in [0.3, 0.4) is 0 Å². The lowest BCUT2D eigenvalue weighted by Gasteiger charge is -2.31. The number of rotatable bonds is 5. The summed E-state index contributed by atoms with van der Waals surface area (Å²) >= 11 is 5.85. The summed E-state index contributed by atoms with van der Waals surface area (Å²) in [5.74, 6) is -0.604. The third kappa shape index (κ3) is 6.36. The smallest absolute Gasteiger partial charge is 0.321 e. The molecule has 1 aromatic carbocycles. The van der Waals surface area contributed by atoms with Crippen molar-refractivity contribution in [2.24, 2.45) is 5.16 Å². The zero-order valence-electron chi connectivity index (χ0n) is 19.8. The molecule has 0 unspecified atom stereocenters. The van der Waals surface area contributed by atoms with Crippen LogP contribution in [0.1, 0.15) is 50.0 Å². The first kappa shape index (κ1) is 25.1. The van der Waals surface area contributed by atoms with Crippen molar-refractivity contribution in [1.29, 1.82) is 0 Å². The summed E-state index contributed by atoms with van der Waals surface area (Å²) in [6, 6.07) is 1.74. The highest BCUT2D eigenvalue weighted by atomic mass is 35.5. The molecular weight excluding hydrogens is 478 g/mol. The van der Waals surface area contributed by atoms with Gasteiger partial charge in [0.1, 0.15) is 17.7 Å². The van der Waals surface area contributed by atoms with Crippen LogP contribution in [0.25, 0.3) is 0 Å². The van der Waals surface area contributed by atoms with E-state index >= 15 is 0 Å². The van der Waals surface area contributed by atoms with Crippen LogP contribution in [-0.2, 0) is 4.84 Å². The highest BCUT2D eigenvalue weighted by Crippen LogP contribution is 2.35. The van der Waals surface area contributed by atoms with Crippen LogP contribution >= 0.6 is 11.6 Å². The number of hydrogen-bond donors (Lipinski definition) is 1. The van der Waals surface area contributed by atoms with Crippen molar-refractivity contribution in [3.63, 3.8) is 0 Å².